The molecular formula is C17H24N2O2. The van der Waals surface area contributed by atoms with Crippen LogP contribution in [0, 0.1) is 5.92 Å². The van der Waals surface area contributed by atoms with Crippen molar-refractivity contribution in [3.05, 3.63) is 29.8 Å². The number of aliphatic hydroxyl groups is 1. The Morgan fingerprint density at radius 3 is 2.86 bits per heavy atom. The number of anilines is 1. The molecule has 1 aliphatic heterocycles. The maximum absolute atomic E-state index is 12.5. The SMILES string of the molecule is O=C(Nc1ccccc1CO)C1CCC2CCCCC2N1. The Bertz CT molecular complexity index is 503. The van der Waals surface area contributed by atoms with E-state index in [0.717, 1.165) is 30.0 Å². The lowest BCUT2D eigenvalue weighted by atomic mass is 9.77. The van der Waals surface area contributed by atoms with E-state index >= 15 is 0 Å². The summed E-state index contributed by atoms with van der Waals surface area (Å²) in [4.78, 5) is 12.5. The standard InChI is InChI=1S/C17H24N2O2/c20-11-13-6-2-4-8-15(13)19-17(21)16-10-9-12-5-1-3-7-14(12)18-16/h2,4,6,8,12,14,16,18,20H,1,3,5,7,9-11H2,(H,19,21). The van der Waals surface area contributed by atoms with E-state index in [4.69, 9.17) is 0 Å². The highest BCUT2D eigenvalue weighted by Gasteiger charge is 2.34. The van der Waals surface area contributed by atoms with Crippen molar-refractivity contribution in [3.63, 3.8) is 0 Å². The number of amides is 1. The Balaban J connectivity index is 1.63. The molecule has 2 aliphatic rings. The van der Waals surface area contributed by atoms with E-state index < -0.39 is 0 Å². The number of carbonyl (C=O) groups is 1. The number of carbonyl (C=O) groups excluding carboxylic acids is 1. The molecule has 0 bridgehead atoms. The van der Waals surface area contributed by atoms with Crippen LogP contribution in [0.5, 0.6) is 0 Å². The number of aliphatic hydroxyl groups excluding tert-OH is 1. The zero-order valence-electron chi connectivity index (χ0n) is 12.3. The molecule has 3 atom stereocenters. The molecule has 1 heterocycles. The minimum absolute atomic E-state index is 0.0277. The van der Waals surface area contributed by atoms with Crippen LogP contribution in [0.15, 0.2) is 24.3 Å². The number of para-hydroxylation sites is 1. The van der Waals surface area contributed by atoms with Gasteiger partial charge in [0.15, 0.2) is 0 Å². The number of fused-ring (bicyclic) bond motifs is 1. The normalized spacial score (nSPS) is 28.7. The molecule has 1 aromatic rings. The summed E-state index contributed by atoms with van der Waals surface area (Å²) in [5.41, 5.74) is 1.48. The first-order valence-electron chi connectivity index (χ1n) is 8.03. The summed E-state index contributed by atoms with van der Waals surface area (Å²) < 4.78 is 0. The van der Waals surface area contributed by atoms with Crippen molar-refractivity contribution in [2.45, 2.75) is 57.2 Å². The molecule has 4 heteroatoms. The summed E-state index contributed by atoms with van der Waals surface area (Å²) in [5.74, 6) is 0.785. The van der Waals surface area contributed by atoms with E-state index in [1.54, 1.807) is 0 Å². The zero-order valence-corrected chi connectivity index (χ0v) is 12.3. The van der Waals surface area contributed by atoms with E-state index in [2.05, 4.69) is 10.6 Å². The number of hydrogen-bond acceptors (Lipinski definition) is 3. The van der Waals surface area contributed by atoms with Gasteiger partial charge >= 0.3 is 0 Å². The maximum Gasteiger partial charge on any atom is 0.241 e. The molecule has 3 unspecified atom stereocenters. The van der Waals surface area contributed by atoms with Crippen LogP contribution in [0.4, 0.5) is 5.69 Å². The molecule has 3 N–H and O–H groups in total. The summed E-state index contributed by atoms with van der Waals surface area (Å²) in [6, 6.07) is 7.83. The van der Waals surface area contributed by atoms with Crippen molar-refractivity contribution in [2.24, 2.45) is 5.92 Å². The highest BCUT2D eigenvalue weighted by molar-refractivity contribution is 5.95. The van der Waals surface area contributed by atoms with Gasteiger partial charge in [0.25, 0.3) is 0 Å². The number of benzene rings is 1. The molecule has 0 aromatic heterocycles. The van der Waals surface area contributed by atoms with Crippen LogP contribution in [-0.2, 0) is 11.4 Å². The quantitative estimate of drug-likeness (QED) is 0.800. The predicted octanol–water partition coefficient (Wildman–Crippen LogP) is 2.43. The van der Waals surface area contributed by atoms with Gasteiger partial charge in [0.1, 0.15) is 0 Å². The largest absolute Gasteiger partial charge is 0.392 e. The van der Waals surface area contributed by atoms with Gasteiger partial charge in [-0.2, -0.15) is 0 Å². The van der Waals surface area contributed by atoms with Crippen LogP contribution in [-0.4, -0.2) is 23.1 Å². The number of hydrogen-bond donors (Lipinski definition) is 3. The zero-order chi connectivity index (χ0) is 14.7. The molecule has 114 valence electrons. The fraction of sp³-hybridized carbons (Fsp3) is 0.588. The van der Waals surface area contributed by atoms with E-state index in [-0.39, 0.29) is 18.6 Å². The van der Waals surface area contributed by atoms with Gasteiger partial charge in [-0.3, -0.25) is 4.79 Å². The van der Waals surface area contributed by atoms with Gasteiger partial charge in [-0.1, -0.05) is 31.0 Å². The van der Waals surface area contributed by atoms with Gasteiger partial charge in [0.2, 0.25) is 5.91 Å². The number of nitrogens with one attached hydrogen (secondary N) is 2. The lowest BCUT2D eigenvalue weighted by molar-refractivity contribution is -0.119. The molecule has 1 amide bonds. The minimum Gasteiger partial charge on any atom is -0.392 e. The van der Waals surface area contributed by atoms with Gasteiger partial charge in [-0.05, 0) is 37.7 Å². The third-order valence-electron chi connectivity index (χ3n) is 4.91. The van der Waals surface area contributed by atoms with Crippen molar-refractivity contribution in [2.75, 3.05) is 5.32 Å². The lowest BCUT2D eigenvalue weighted by Gasteiger charge is -2.39. The van der Waals surface area contributed by atoms with Crippen LogP contribution in [0.3, 0.4) is 0 Å². The molecular weight excluding hydrogens is 264 g/mol. The Hall–Kier alpha value is -1.39. The molecule has 1 aliphatic carbocycles. The molecule has 2 fully saturated rings. The molecule has 1 aromatic carbocycles. The van der Waals surface area contributed by atoms with Gasteiger partial charge in [0.05, 0.1) is 12.6 Å². The molecule has 1 saturated carbocycles. The summed E-state index contributed by atoms with van der Waals surface area (Å²) in [7, 11) is 0. The highest BCUT2D eigenvalue weighted by atomic mass is 16.3. The van der Waals surface area contributed by atoms with E-state index in [0.29, 0.717) is 6.04 Å². The fourth-order valence-electron chi connectivity index (χ4n) is 3.70. The molecule has 1 saturated heterocycles. The van der Waals surface area contributed by atoms with Crippen LogP contribution < -0.4 is 10.6 Å². The van der Waals surface area contributed by atoms with Crippen molar-refractivity contribution in [1.29, 1.82) is 0 Å². The van der Waals surface area contributed by atoms with Gasteiger partial charge in [0, 0.05) is 17.3 Å². The van der Waals surface area contributed by atoms with E-state index in [9.17, 15) is 9.90 Å². The predicted molar refractivity (Wildman–Crippen MR) is 82.9 cm³/mol. The first-order valence-corrected chi connectivity index (χ1v) is 8.03. The monoisotopic (exact) mass is 288 g/mol. The molecule has 21 heavy (non-hydrogen) atoms. The van der Waals surface area contributed by atoms with Crippen molar-refractivity contribution in [3.8, 4) is 0 Å². The van der Waals surface area contributed by atoms with Crippen molar-refractivity contribution >= 4 is 11.6 Å². The van der Waals surface area contributed by atoms with Crippen LogP contribution in [0.2, 0.25) is 0 Å². The second kappa shape index (κ2) is 6.58. The first kappa shape index (κ1) is 14.5. The Morgan fingerprint density at radius 1 is 1.19 bits per heavy atom. The third-order valence-corrected chi connectivity index (χ3v) is 4.91. The second-order valence-electron chi connectivity index (χ2n) is 6.25. The van der Waals surface area contributed by atoms with Gasteiger partial charge in [-0.25, -0.2) is 0 Å². The number of rotatable bonds is 3. The average Bonchev–Trinajstić information content (AvgIpc) is 2.55. The highest BCUT2D eigenvalue weighted by Crippen LogP contribution is 2.32. The molecule has 0 spiro atoms. The first-order chi connectivity index (χ1) is 10.3. The van der Waals surface area contributed by atoms with Crippen LogP contribution in [0.1, 0.15) is 44.1 Å². The summed E-state index contributed by atoms with van der Waals surface area (Å²) in [5, 5.41) is 15.8. The topological polar surface area (TPSA) is 61.4 Å². The molecule has 4 nitrogen and oxygen atoms in total. The van der Waals surface area contributed by atoms with E-state index in [1.807, 2.05) is 24.3 Å². The Kier molecular flexibility index (Phi) is 4.56. The Labute approximate surface area is 125 Å². The minimum atomic E-state index is -0.101. The number of piperidine rings is 1. The maximum atomic E-state index is 12.5. The fourth-order valence-corrected chi connectivity index (χ4v) is 3.70. The van der Waals surface area contributed by atoms with Crippen LogP contribution in [0.25, 0.3) is 0 Å². The third kappa shape index (κ3) is 3.27. The van der Waals surface area contributed by atoms with Gasteiger partial charge < -0.3 is 15.7 Å². The summed E-state index contributed by atoms with van der Waals surface area (Å²) in [6.45, 7) is -0.0563. The van der Waals surface area contributed by atoms with Crippen molar-refractivity contribution in [1.82, 2.24) is 5.32 Å². The summed E-state index contributed by atoms with van der Waals surface area (Å²) >= 11 is 0. The lowest BCUT2D eigenvalue weighted by Crippen LogP contribution is -2.53. The molecule has 3 rings (SSSR count). The van der Waals surface area contributed by atoms with Crippen molar-refractivity contribution < 1.29 is 9.90 Å². The smallest absolute Gasteiger partial charge is 0.241 e. The van der Waals surface area contributed by atoms with Gasteiger partial charge in [-0.15, -0.1) is 0 Å². The second-order valence-corrected chi connectivity index (χ2v) is 6.25. The summed E-state index contributed by atoms with van der Waals surface area (Å²) in [6.07, 6.45) is 7.17. The molecule has 0 radical (unpaired) electrons. The van der Waals surface area contributed by atoms with E-state index in [1.165, 1.54) is 25.7 Å². The van der Waals surface area contributed by atoms with Crippen LogP contribution >= 0.6 is 0 Å². The average molecular weight is 288 g/mol. The Morgan fingerprint density at radius 2 is 2.00 bits per heavy atom.